The van der Waals surface area contributed by atoms with E-state index < -0.39 is 6.04 Å². The molecular weight excluding hydrogens is 328 g/mol. The number of carbonyl (C=O) groups is 2. The Labute approximate surface area is 143 Å². The number of nitrogens with one attached hydrogen (secondary N) is 3. The van der Waals surface area contributed by atoms with Crippen LogP contribution in [0.4, 0.5) is 10.8 Å². The zero-order valence-electron chi connectivity index (χ0n) is 13.2. The van der Waals surface area contributed by atoms with Crippen LogP contribution < -0.4 is 20.7 Å². The molecule has 0 spiro atoms. The van der Waals surface area contributed by atoms with Gasteiger partial charge in [0.05, 0.1) is 7.11 Å². The van der Waals surface area contributed by atoms with Gasteiger partial charge in [-0.25, -0.2) is 4.98 Å². The van der Waals surface area contributed by atoms with Crippen LogP contribution in [0.3, 0.4) is 0 Å². The van der Waals surface area contributed by atoms with Crippen molar-refractivity contribution < 1.29 is 14.3 Å². The zero-order chi connectivity index (χ0) is 16.9. The smallest absolute Gasteiger partial charge is 0.271 e. The topological polar surface area (TPSA) is 92.3 Å². The second-order valence-electron chi connectivity index (χ2n) is 5.35. The van der Waals surface area contributed by atoms with E-state index in [1.165, 1.54) is 11.3 Å². The van der Waals surface area contributed by atoms with E-state index in [4.69, 9.17) is 4.74 Å². The highest BCUT2D eigenvalue weighted by atomic mass is 32.1. The molecule has 1 fully saturated rings. The second-order valence-corrected chi connectivity index (χ2v) is 6.21. The fourth-order valence-electron chi connectivity index (χ4n) is 2.38. The van der Waals surface area contributed by atoms with Crippen LogP contribution in [0.15, 0.2) is 29.6 Å². The highest BCUT2D eigenvalue weighted by Crippen LogP contribution is 2.23. The van der Waals surface area contributed by atoms with Crippen LogP contribution in [0, 0.1) is 0 Å². The molecule has 2 heterocycles. The summed E-state index contributed by atoms with van der Waals surface area (Å²) in [6.45, 7) is 0.665. The van der Waals surface area contributed by atoms with Crippen molar-refractivity contribution in [3.05, 3.63) is 35.3 Å². The average molecular weight is 346 g/mol. The molecule has 1 aliphatic heterocycles. The number of ether oxygens (including phenoxy) is 1. The number of nitrogens with zero attached hydrogens (tertiary/aromatic N) is 1. The van der Waals surface area contributed by atoms with Gasteiger partial charge in [0, 0.05) is 17.6 Å². The van der Waals surface area contributed by atoms with E-state index >= 15 is 0 Å². The lowest BCUT2D eigenvalue weighted by Gasteiger charge is -2.22. The maximum absolute atomic E-state index is 12.2. The van der Waals surface area contributed by atoms with Crippen LogP contribution in [0.2, 0.25) is 0 Å². The fraction of sp³-hybridized carbons (Fsp3) is 0.312. The fourth-order valence-corrected chi connectivity index (χ4v) is 3.09. The Bertz CT molecular complexity index is 729. The number of thiazole rings is 1. The number of benzene rings is 1. The van der Waals surface area contributed by atoms with Crippen molar-refractivity contribution in [1.82, 2.24) is 15.6 Å². The normalized spacial score (nSPS) is 17.0. The monoisotopic (exact) mass is 346 g/mol. The Morgan fingerprint density at radius 3 is 2.88 bits per heavy atom. The van der Waals surface area contributed by atoms with Gasteiger partial charge in [0.15, 0.2) is 5.13 Å². The summed E-state index contributed by atoms with van der Waals surface area (Å²) >= 11 is 1.33. The summed E-state index contributed by atoms with van der Waals surface area (Å²) in [5.74, 6) is 0.294. The number of rotatable bonds is 5. The molecule has 1 saturated heterocycles. The first-order chi connectivity index (χ1) is 11.7. The van der Waals surface area contributed by atoms with Crippen LogP contribution in [0.5, 0.6) is 5.75 Å². The van der Waals surface area contributed by atoms with Crippen molar-refractivity contribution in [2.45, 2.75) is 18.9 Å². The minimum absolute atomic E-state index is 0.138. The summed E-state index contributed by atoms with van der Waals surface area (Å²) in [4.78, 5) is 28.2. The Balaban J connectivity index is 1.61. The van der Waals surface area contributed by atoms with E-state index in [0.29, 0.717) is 23.8 Å². The predicted molar refractivity (Wildman–Crippen MR) is 91.9 cm³/mol. The molecule has 3 rings (SSSR count). The molecule has 0 aliphatic carbocycles. The molecule has 24 heavy (non-hydrogen) atoms. The average Bonchev–Trinajstić information content (AvgIpc) is 3.06. The highest BCUT2D eigenvalue weighted by Gasteiger charge is 2.24. The van der Waals surface area contributed by atoms with Crippen LogP contribution in [-0.4, -0.2) is 36.5 Å². The van der Waals surface area contributed by atoms with E-state index in [2.05, 4.69) is 20.9 Å². The molecule has 1 aromatic heterocycles. The van der Waals surface area contributed by atoms with Crippen molar-refractivity contribution in [3.63, 3.8) is 0 Å². The molecule has 1 atom stereocenters. The SMILES string of the molecule is COc1ccc(Nc2nc(C(=O)N[C@H]3CCCNC3=O)cs2)cc1. The van der Waals surface area contributed by atoms with Crippen molar-refractivity contribution in [2.75, 3.05) is 19.0 Å². The van der Waals surface area contributed by atoms with Crippen molar-refractivity contribution in [1.29, 1.82) is 0 Å². The van der Waals surface area contributed by atoms with Gasteiger partial charge in [0.2, 0.25) is 5.91 Å². The van der Waals surface area contributed by atoms with E-state index in [9.17, 15) is 9.59 Å². The number of aromatic nitrogens is 1. The number of carbonyl (C=O) groups excluding carboxylic acids is 2. The quantitative estimate of drug-likeness (QED) is 0.769. The molecule has 0 unspecified atom stereocenters. The first kappa shape index (κ1) is 16.3. The largest absolute Gasteiger partial charge is 0.497 e. The van der Waals surface area contributed by atoms with Gasteiger partial charge in [-0.3, -0.25) is 9.59 Å². The standard InChI is InChI=1S/C16H18N4O3S/c1-23-11-6-4-10(5-7-11)18-16-20-13(9-24-16)15(22)19-12-3-2-8-17-14(12)21/h4-7,9,12H,2-3,8H2,1H3,(H,17,21)(H,18,20)(H,19,22)/t12-/m0/s1. The third-order valence-electron chi connectivity index (χ3n) is 3.67. The molecule has 2 aromatic rings. The minimum Gasteiger partial charge on any atom is -0.497 e. The molecule has 0 radical (unpaired) electrons. The highest BCUT2D eigenvalue weighted by molar-refractivity contribution is 7.14. The summed E-state index contributed by atoms with van der Waals surface area (Å²) in [5.41, 5.74) is 1.15. The Hall–Kier alpha value is -2.61. The van der Waals surface area contributed by atoms with Crippen molar-refractivity contribution in [2.24, 2.45) is 0 Å². The molecule has 126 valence electrons. The van der Waals surface area contributed by atoms with Gasteiger partial charge in [0.25, 0.3) is 5.91 Å². The Kier molecular flexibility index (Phi) is 4.95. The number of anilines is 2. The van der Waals surface area contributed by atoms with Gasteiger partial charge in [-0.05, 0) is 37.1 Å². The van der Waals surface area contributed by atoms with Crippen molar-refractivity contribution in [3.8, 4) is 5.75 Å². The van der Waals surface area contributed by atoms with Gasteiger partial charge in [0.1, 0.15) is 17.5 Å². The van der Waals surface area contributed by atoms with Crippen LogP contribution in [0.25, 0.3) is 0 Å². The lowest BCUT2D eigenvalue weighted by atomic mass is 10.1. The number of amides is 2. The summed E-state index contributed by atoms with van der Waals surface area (Å²) in [5, 5.41) is 10.9. The molecule has 0 saturated carbocycles. The van der Waals surface area contributed by atoms with E-state index in [1.54, 1.807) is 12.5 Å². The first-order valence-electron chi connectivity index (χ1n) is 7.61. The van der Waals surface area contributed by atoms with Crippen LogP contribution in [-0.2, 0) is 4.79 Å². The lowest BCUT2D eigenvalue weighted by molar-refractivity contribution is -0.124. The van der Waals surface area contributed by atoms with Gasteiger partial charge in [-0.2, -0.15) is 0 Å². The molecule has 3 N–H and O–H groups in total. The van der Waals surface area contributed by atoms with Gasteiger partial charge in [-0.1, -0.05) is 0 Å². The number of hydrogen-bond acceptors (Lipinski definition) is 6. The first-order valence-corrected chi connectivity index (χ1v) is 8.49. The van der Waals surface area contributed by atoms with E-state index in [1.807, 2.05) is 24.3 Å². The number of hydrogen-bond donors (Lipinski definition) is 3. The third kappa shape index (κ3) is 3.83. The molecule has 2 amide bonds. The predicted octanol–water partition coefficient (Wildman–Crippen LogP) is 1.90. The maximum atomic E-state index is 12.2. The summed E-state index contributed by atoms with van der Waals surface area (Å²) in [6.07, 6.45) is 1.51. The van der Waals surface area contributed by atoms with Gasteiger partial charge >= 0.3 is 0 Å². The van der Waals surface area contributed by atoms with E-state index in [-0.39, 0.29) is 11.8 Å². The van der Waals surface area contributed by atoms with E-state index in [0.717, 1.165) is 17.9 Å². The summed E-state index contributed by atoms with van der Waals surface area (Å²) in [7, 11) is 1.61. The Morgan fingerprint density at radius 2 is 2.17 bits per heavy atom. The number of methoxy groups -OCH3 is 1. The van der Waals surface area contributed by atoms with Crippen molar-refractivity contribution >= 4 is 34.0 Å². The second kappa shape index (κ2) is 7.31. The lowest BCUT2D eigenvalue weighted by Crippen LogP contribution is -2.50. The summed E-state index contributed by atoms with van der Waals surface area (Å²) < 4.78 is 5.11. The molecule has 0 bridgehead atoms. The third-order valence-corrected chi connectivity index (χ3v) is 4.43. The molecule has 1 aromatic carbocycles. The zero-order valence-corrected chi connectivity index (χ0v) is 14.0. The molecule has 7 nitrogen and oxygen atoms in total. The molecular formula is C16H18N4O3S. The molecule has 1 aliphatic rings. The number of piperidine rings is 1. The minimum atomic E-state index is -0.481. The molecule has 8 heteroatoms. The van der Waals surface area contributed by atoms with Gasteiger partial charge in [-0.15, -0.1) is 11.3 Å². The van der Waals surface area contributed by atoms with Gasteiger partial charge < -0.3 is 20.7 Å². The maximum Gasteiger partial charge on any atom is 0.271 e. The summed E-state index contributed by atoms with van der Waals surface area (Å²) in [6, 6.07) is 6.93. The van der Waals surface area contributed by atoms with Crippen LogP contribution in [0.1, 0.15) is 23.3 Å². The van der Waals surface area contributed by atoms with Crippen LogP contribution >= 0.6 is 11.3 Å². The Morgan fingerprint density at radius 1 is 1.38 bits per heavy atom.